The van der Waals surface area contributed by atoms with Gasteiger partial charge in [-0.2, -0.15) is 0 Å². The van der Waals surface area contributed by atoms with Crippen LogP contribution in [0.1, 0.15) is 24.0 Å². The summed E-state index contributed by atoms with van der Waals surface area (Å²) < 4.78 is 39.2. The van der Waals surface area contributed by atoms with Gasteiger partial charge in [-0.15, -0.1) is 0 Å². The lowest BCUT2D eigenvalue weighted by Gasteiger charge is -2.31. The van der Waals surface area contributed by atoms with Crippen LogP contribution in [-0.4, -0.2) is 66.2 Å². The fourth-order valence-corrected chi connectivity index (χ4v) is 5.49. The van der Waals surface area contributed by atoms with Crippen molar-refractivity contribution in [1.82, 2.24) is 10.2 Å². The molecule has 2 aromatic rings. The zero-order valence-electron chi connectivity index (χ0n) is 19.9. The van der Waals surface area contributed by atoms with E-state index in [2.05, 4.69) is 17.3 Å². The van der Waals surface area contributed by atoms with Gasteiger partial charge in [-0.1, -0.05) is 6.07 Å². The van der Waals surface area contributed by atoms with Crippen molar-refractivity contribution in [3.8, 4) is 11.5 Å². The highest BCUT2D eigenvalue weighted by Crippen LogP contribution is 2.32. The molecule has 1 N–H and O–H groups in total. The minimum absolute atomic E-state index is 0.0198. The van der Waals surface area contributed by atoms with Crippen molar-refractivity contribution >= 4 is 21.6 Å². The largest absolute Gasteiger partial charge is 0.493 e. The lowest BCUT2D eigenvalue weighted by Crippen LogP contribution is -2.47. The number of methoxy groups -OCH3 is 2. The zero-order chi connectivity index (χ0) is 24.2. The van der Waals surface area contributed by atoms with Crippen LogP contribution in [0.25, 0.3) is 0 Å². The van der Waals surface area contributed by atoms with Gasteiger partial charge in [0.2, 0.25) is 5.91 Å². The lowest BCUT2D eigenvalue weighted by atomic mass is 10.1. The second kappa shape index (κ2) is 10.4. The smallest absolute Gasteiger partial charge is 0.264 e. The van der Waals surface area contributed by atoms with E-state index in [0.717, 1.165) is 37.1 Å². The fraction of sp³-hybridized carbons (Fsp3) is 0.458. The van der Waals surface area contributed by atoms with Crippen LogP contribution in [0, 0.1) is 13.8 Å². The first-order valence-electron chi connectivity index (χ1n) is 10.9. The molecule has 33 heavy (non-hydrogen) atoms. The number of hydrogen-bond acceptors (Lipinski definition) is 6. The van der Waals surface area contributed by atoms with Crippen molar-refractivity contribution < 1.29 is 22.7 Å². The minimum atomic E-state index is -4.06. The molecule has 9 heteroatoms. The molecule has 0 saturated carbocycles. The molecular formula is C24H33N3O5S. The third kappa shape index (κ3) is 5.97. The van der Waals surface area contributed by atoms with Gasteiger partial charge >= 0.3 is 0 Å². The first kappa shape index (κ1) is 24.9. The van der Waals surface area contributed by atoms with Gasteiger partial charge in [0.05, 0.1) is 24.8 Å². The summed E-state index contributed by atoms with van der Waals surface area (Å²) in [6, 6.07) is 9.97. The number of carbonyl (C=O) groups excluding carboxylic acids is 1. The second-order valence-electron chi connectivity index (χ2n) is 8.52. The number of aryl methyl sites for hydroxylation is 2. The molecule has 1 fully saturated rings. The Balaban J connectivity index is 1.95. The summed E-state index contributed by atoms with van der Waals surface area (Å²) in [4.78, 5) is 15.2. The van der Waals surface area contributed by atoms with Gasteiger partial charge < -0.3 is 19.7 Å². The van der Waals surface area contributed by atoms with Crippen LogP contribution in [0.4, 0.5) is 5.69 Å². The molecule has 1 heterocycles. The number of anilines is 1. The Morgan fingerprint density at radius 1 is 1.03 bits per heavy atom. The number of carbonyl (C=O) groups is 1. The van der Waals surface area contributed by atoms with E-state index < -0.39 is 10.0 Å². The summed E-state index contributed by atoms with van der Waals surface area (Å²) in [5.74, 6) is 0.400. The highest BCUT2D eigenvalue weighted by Gasteiger charge is 2.29. The molecule has 8 nitrogen and oxygen atoms in total. The topological polar surface area (TPSA) is 88.2 Å². The molecule has 0 bridgehead atoms. The molecule has 3 rings (SSSR count). The van der Waals surface area contributed by atoms with E-state index >= 15 is 0 Å². The SMILES string of the molecule is COc1ccc(S(=O)(=O)N(CC(=O)NC2CCN(C)CC2)c2cc(C)cc(C)c2)cc1OC. The van der Waals surface area contributed by atoms with Gasteiger partial charge in [0, 0.05) is 12.1 Å². The van der Waals surface area contributed by atoms with Gasteiger partial charge in [-0.25, -0.2) is 8.42 Å². The minimum Gasteiger partial charge on any atom is -0.493 e. The Bertz CT molecular complexity index is 1080. The van der Waals surface area contributed by atoms with Crippen LogP contribution in [0.5, 0.6) is 11.5 Å². The number of amides is 1. The average molecular weight is 476 g/mol. The van der Waals surface area contributed by atoms with E-state index in [-0.39, 0.29) is 23.4 Å². The van der Waals surface area contributed by atoms with Crippen LogP contribution in [-0.2, 0) is 14.8 Å². The number of nitrogens with zero attached hydrogens (tertiary/aromatic N) is 2. The number of hydrogen-bond donors (Lipinski definition) is 1. The number of likely N-dealkylation sites (tertiary alicyclic amines) is 1. The molecule has 1 saturated heterocycles. The van der Waals surface area contributed by atoms with Gasteiger partial charge in [-0.3, -0.25) is 9.10 Å². The van der Waals surface area contributed by atoms with E-state index in [1.165, 1.54) is 30.7 Å². The Hall–Kier alpha value is -2.78. The predicted octanol–water partition coefficient (Wildman–Crippen LogP) is 2.73. The van der Waals surface area contributed by atoms with Gasteiger partial charge in [0.1, 0.15) is 6.54 Å². The molecule has 0 aliphatic carbocycles. The number of benzene rings is 2. The number of ether oxygens (including phenoxy) is 2. The molecule has 0 atom stereocenters. The van der Waals surface area contributed by atoms with E-state index in [1.807, 2.05) is 19.9 Å². The molecule has 0 unspecified atom stereocenters. The summed E-state index contributed by atoms with van der Waals surface area (Å²) in [5.41, 5.74) is 2.27. The third-order valence-electron chi connectivity index (χ3n) is 5.81. The number of sulfonamides is 1. The summed E-state index contributed by atoms with van der Waals surface area (Å²) in [6.07, 6.45) is 1.68. The first-order chi connectivity index (χ1) is 15.6. The van der Waals surface area contributed by atoms with Crippen molar-refractivity contribution in [3.05, 3.63) is 47.5 Å². The Morgan fingerprint density at radius 2 is 1.64 bits per heavy atom. The van der Waals surface area contributed by atoms with Crippen LogP contribution < -0.4 is 19.1 Å². The van der Waals surface area contributed by atoms with Crippen LogP contribution >= 0.6 is 0 Å². The molecule has 2 aromatic carbocycles. The average Bonchev–Trinajstić information content (AvgIpc) is 2.77. The Labute approximate surface area is 196 Å². The lowest BCUT2D eigenvalue weighted by molar-refractivity contribution is -0.120. The normalized spacial score (nSPS) is 15.2. The standard InChI is InChI=1S/C24H33N3O5S/c1-17-12-18(2)14-20(13-17)27(16-24(28)25-19-8-10-26(3)11-9-19)33(29,30)21-6-7-22(31-4)23(15-21)32-5/h6-7,12-15,19H,8-11,16H2,1-5H3,(H,25,28). The maximum Gasteiger partial charge on any atom is 0.264 e. The monoisotopic (exact) mass is 475 g/mol. The van der Waals surface area contributed by atoms with E-state index in [1.54, 1.807) is 18.2 Å². The molecule has 0 aromatic heterocycles. The van der Waals surface area contributed by atoms with E-state index in [4.69, 9.17) is 9.47 Å². The molecule has 0 radical (unpaired) electrons. The van der Waals surface area contributed by atoms with Crippen molar-refractivity contribution in [2.75, 3.05) is 45.2 Å². The fourth-order valence-electron chi connectivity index (χ4n) is 4.07. The Kier molecular flexibility index (Phi) is 7.86. The highest BCUT2D eigenvalue weighted by molar-refractivity contribution is 7.92. The van der Waals surface area contributed by atoms with Crippen LogP contribution in [0.2, 0.25) is 0 Å². The number of piperidine rings is 1. The summed E-state index contributed by atoms with van der Waals surface area (Å²) in [6.45, 7) is 5.28. The highest BCUT2D eigenvalue weighted by atomic mass is 32.2. The molecule has 180 valence electrons. The second-order valence-corrected chi connectivity index (χ2v) is 10.4. The van der Waals surface area contributed by atoms with Gasteiger partial charge in [0.15, 0.2) is 11.5 Å². The molecule has 1 amide bonds. The third-order valence-corrected chi connectivity index (χ3v) is 7.58. The van der Waals surface area contributed by atoms with Gasteiger partial charge in [0.25, 0.3) is 10.0 Å². The molecular weight excluding hydrogens is 442 g/mol. The first-order valence-corrected chi connectivity index (χ1v) is 12.4. The van der Waals surface area contributed by atoms with Crippen molar-refractivity contribution in [3.63, 3.8) is 0 Å². The molecule has 1 aliphatic rings. The van der Waals surface area contributed by atoms with Crippen LogP contribution in [0.15, 0.2) is 41.3 Å². The van der Waals surface area contributed by atoms with Crippen LogP contribution in [0.3, 0.4) is 0 Å². The maximum atomic E-state index is 13.7. The Morgan fingerprint density at radius 3 is 2.21 bits per heavy atom. The summed E-state index contributed by atoms with van der Waals surface area (Å²) in [5, 5.41) is 3.02. The quantitative estimate of drug-likeness (QED) is 0.632. The molecule has 1 aliphatic heterocycles. The summed E-state index contributed by atoms with van der Waals surface area (Å²) >= 11 is 0. The number of nitrogens with one attached hydrogen (secondary N) is 1. The number of rotatable bonds is 8. The van der Waals surface area contributed by atoms with Gasteiger partial charge in [-0.05, 0) is 82.2 Å². The van der Waals surface area contributed by atoms with Crippen molar-refractivity contribution in [2.24, 2.45) is 0 Å². The van der Waals surface area contributed by atoms with Crippen molar-refractivity contribution in [1.29, 1.82) is 0 Å². The zero-order valence-corrected chi connectivity index (χ0v) is 20.7. The predicted molar refractivity (Wildman–Crippen MR) is 129 cm³/mol. The molecule has 0 spiro atoms. The van der Waals surface area contributed by atoms with E-state index in [0.29, 0.717) is 17.2 Å². The van der Waals surface area contributed by atoms with Crippen molar-refractivity contribution in [2.45, 2.75) is 37.6 Å². The van der Waals surface area contributed by atoms with E-state index in [9.17, 15) is 13.2 Å². The maximum absolute atomic E-state index is 13.7. The summed E-state index contributed by atoms with van der Waals surface area (Å²) in [7, 11) is 0.927.